The van der Waals surface area contributed by atoms with Crippen molar-refractivity contribution in [2.24, 2.45) is 0 Å². The van der Waals surface area contributed by atoms with Crippen LogP contribution in [0.5, 0.6) is 0 Å². The minimum Gasteiger partial charge on any atom is -0.366 e. The monoisotopic (exact) mass is 408 g/mol. The zero-order valence-electron chi connectivity index (χ0n) is 19.5. The summed E-state index contributed by atoms with van der Waals surface area (Å²) in [7, 11) is 0. The summed E-state index contributed by atoms with van der Waals surface area (Å²) in [6.45, 7) is 12.3. The van der Waals surface area contributed by atoms with Crippen LogP contribution < -0.4 is 0 Å². The van der Waals surface area contributed by atoms with Crippen LogP contribution in [0.1, 0.15) is 85.1 Å². The summed E-state index contributed by atoms with van der Waals surface area (Å²) >= 11 is 0. The maximum atomic E-state index is 6.51. The van der Waals surface area contributed by atoms with Crippen molar-refractivity contribution in [1.29, 1.82) is 0 Å². The maximum Gasteiger partial charge on any atom is 0.314 e. The van der Waals surface area contributed by atoms with Crippen LogP contribution in [0.4, 0.5) is 0 Å². The summed E-state index contributed by atoms with van der Waals surface area (Å²) in [5.74, 6) is -1.21. The molecule has 0 aromatic heterocycles. The molecule has 0 fully saturated rings. The summed E-state index contributed by atoms with van der Waals surface area (Å²) in [5.41, 5.74) is 0.506. The average Bonchev–Trinajstić information content (AvgIpc) is 2.72. The van der Waals surface area contributed by atoms with Gasteiger partial charge in [0.1, 0.15) is 0 Å². The molecule has 0 spiro atoms. The predicted molar refractivity (Wildman–Crippen MR) is 120 cm³/mol. The molecule has 0 aliphatic heterocycles. The fourth-order valence-corrected chi connectivity index (χ4v) is 4.04. The second kappa shape index (κ2) is 15.0. The Morgan fingerprint density at radius 2 is 1.14 bits per heavy atom. The van der Waals surface area contributed by atoms with Crippen LogP contribution >= 0.6 is 0 Å². The van der Waals surface area contributed by atoms with Crippen molar-refractivity contribution in [3.8, 4) is 0 Å². The summed E-state index contributed by atoms with van der Waals surface area (Å²) in [5, 5.41) is 0. The van der Waals surface area contributed by atoms with Crippen LogP contribution in [-0.2, 0) is 25.4 Å². The Morgan fingerprint density at radius 1 is 0.621 bits per heavy atom. The highest BCUT2D eigenvalue weighted by atomic mass is 16.9. The van der Waals surface area contributed by atoms with Crippen molar-refractivity contribution >= 4 is 0 Å². The second-order valence-corrected chi connectivity index (χ2v) is 7.46. The van der Waals surface area contributed by atoms with Gasteiger partial charge in [0, 0.05) is 32.8 Å². The van der Waals surface area contributed by atoms with E-state index in [2.05, 4.69) is 31.2 Å². The minimum atomic E-state index is -1.21. The Labute approximate surface area is 179 Å². The van der Waals surface area contributed by atoms with Crippen molar-refractivity contribution in [1.82, 2.24) is 0 Å². The molecule has 0 aliphatic rings. The number of hydrogen-bond acceptors (Lipinski definition) is 4. The molecule has 0 amide bonds. The molecule has 168 valence electrons. The van der Waals surface area contributed by atoms with E-state index >= 15 is 0 Å². The molecule has 1 atom stereocenters. The van der Waals surface area contributed by atoms with Crippen molar-refractivity contribution < 1.29 is 18.9 Å². The van der Waals surface area contributed by atoms with E-state index in [4.69, 9.17) is 18.9 Å². The molecule has 1 aromatic carbocycles. The summed E-state index contributed by atoms with van der Waals surface area (Å²) < 4.78 is 25.2. The lowest BCUT2D eigenvalue weighted by Crippen LogP contribution is -2.62. The van der Waals surface area contributed by atoms with Gasteiger partial charge in [-0.05, 0) is 39.7 Å². The topological polar surface area (TPSA) is 36.9 Å². The average molecular weight is 409 g/mol. The van der Waals surface area contributed by atoms with Crippen molar-refractivity contribution in [3.63, 3.8) is 0 Å². The van der Waals surface area contributed by atoms with Gasteiger partial charge in [-0.3, -0.25) is 0 Å². The lowest BCUT2D eigenvalue weighted by molar-refractivity contribution is -0.445. The summed E-state index contributed by atoms with van der Waals surface area (Å²) in [6.07, 6.45) is 8.89. The maximum absolute atomic E-state index is 6.51. The lowest BCUT2D eigenvalue weighted by Gasteiger charge is -2.48. The normalized spacial score (nSPS) is 14.1. The van der Waals surface area contributed by atoms with Gasteiger partial charge in [0.2, 0.25) is 0 Å². The van der Waals surface area contributed by atoms with E-state index in [1.165, 1.54) is 37.7 Å². The molecule has 1 unspecified atom stereocenters. The van der Waals surface area contributed by atoms with Gasteiger partial charge in [0.25, 0.3) is 0 Å². The second-order valence-electron chi connectivity index (χ2n) is 7.46. The van der Waals surface area contributed by atoms with Crippen LogP contribution in [0.25, 0.3) is 0 Å². The molecule has 4 heteroatoms. The van der Waals surface area contributed by atoms with Crippen LogP contribution in [-0.4, -0.2) is 38.0 Å². The van der Waals surface area contributed by atoms with Crippen molar-refractivity contribution in [2.75, 3.05) is 26.4 Å². The molecule has 4 nitrogen and oxygen atoms in total. The van der Waals surface area contributed by atoms with Gasteiger partial charge in [0.15, 0.2) is 5.60 Å². The number of hydrogen-bond donors (Lipinski definition) is 0. The highest BCUT2D eigenvalue weighted by Gasteiger charge is 2.56. The Kier molecular flexibility index (Phi) is 13.5. The van der Waals surface area contributed by atoms with E-state index in [1.54, 1.807) is 0 Å². The van der Waals surface area contributed by atoms with E-state index in [-0.39, 0.29) is 0 Å². The Balaban J connectivity index is 3.20. The highest BCUT2D eigenvalue weighted by Crippen LogP contribution is 2.40. The number of ether oxygens (including phenoxy) is 4. The van der Waals surface area contributed by atoms with Gasteiger partial charge in [0.05, 0.1) is 0 Å². The Hall–Kier alpha value is -0.940. The van der Waals surface area contributed by atoms with Crippen LogP contribution in [0.2, 0.25) is 0 Å². The first-order valence-electron chi connectivity index (χ1n) is 11.7. The minimum absolute atomic E-state index is 0.500. The van der Waals surface area contributed by atoms with Crippen molar-refractivity contribution in [3.05, 3.63) is 35.9 Å². The van der Waals surface area contributed by atoms with Crippen molar-refractivity contribution in [2.45, 2.75) is 97.6 Å². The molecular formula is C25H44O4. The number of rotatable bonds is 18. The standard InChI is InChI=1S/C25H44O4/c1-6-11-12-13-14-18-21-24(26-7-2,22-23-19-16-15-17-20-23)25(27-8-3,28-9-4)29-10-5/h15-17,19-20H,6-14,18,21-22H2,1-5H3. The first kappa shape index (κ1) is 26.1. The third-order valence-electron chi connectivity index (χ3n) is 5.25. The quantitative estimate of drug-likeness (QED) is 0.205. The van der Waals surface area contributed by atoms with Gasteiger partial charge in [-0.2, -0.15) is 0 Å². The molecule has 29 heavy (non-hydrogen) atoms. The van der Waals surface area contributed by atoms with Gasteiger partial charge in [-0.25, -0.2) is 0 Å². The van der Waals surface area contributed by atoms with Crippen LogP contribution in [0.15, 0.2) is 30.3 Å². The van der Waals surface area contributed by atoms with E-state index < -0.39 is 11.6 Å². The van der Waals surface area contributed by atoms with E-state index in [1.807, 2.05) is 33.8 Å². The van der Waals surface area contributed by atoms with Gasteiger partial charge >= 0.3 is 5.97 Å². The predicted octanol–water partition coefficient (Wildman–Crippen LogP) is 6.52. The summed E-state index contributed by atoms with van der Waals surface area (Å²) in [4.78, 5) is 0. The molecule has 0 heterocycles. The first-order chi connectivity index (χ1) is 14.1. The van der Waals surface area contributed by atoms with Crippen LogP contribution in [0.3, 0.4) is 0 Å². The van der Waals surface area contributed by atoms with E-state index in [0.717, 1.165) is 12.8 Å². The molecule has 0 aliphatic carbocycles. The molecular weight excluding hydrogens is 364 g/mol. The number of benzene rings is 1. The smallest absolute Gasteiger partial charge is 0.314 e. The molecule has 0 saturated heterocycles. The Bertz CT molecular complexity index is 488. The third kappa shape index (κ3) is 8.01. The Morgan fingerprint density at radius 3 is 1.66 bits per heavy atom. The fourth-order valence-electron chi connectivity index (χ4n) is 4.04. The molecule has 0 radical (unpaired) electrons. The molecule has 1 rings (SSSR count). The first-order valence-corrected chi connectivity index (χ1v) is 11.7. The third-order valence-corrected chi connectivity index (χ3v) is 5.25. The zero-order chi connectivity index (χ0) is 21.4. The molecule has 0 bridgehead atoms. The zero-order valence-corrected chi connectivity index (χ0v) is 19.5. The number of unbranched alkanes of at least 4 members (excludes halogenated alkanes) is 5. The summed E-state index contributed by atoms with van der Waals surface area (Å²) in [6, 6.07) is 10.5. The highest BCUT2D eigenvalue weighted by molar-refractivity contribution is 5.18. The lowest BCUT2D eigenvalue weighted by atomic mass is 9.85. The van der Waals surface area contributed by atoms with Crippen LogP contribution in [0, 0.1) is 0 Å². The van der Waals surface area contributed by atoms with E-state index in [9.17, 15) is 0 Å². The molecule has 1 aromatic rings. The molecule has 0 N–H and O–H groups in total. The fraction of sp³-hybridized carbons (Fsp3) is 0.760. The van der Waals surface area contributed by atoms with Gasteiger partial charge in [-0.1, -0.05) is 75.8 Å². The molecule has 0 saturated carbocycles. The van der Waals surface area contributed by atoms with Gasteiger partial charge in [-0.15, -0.1) is 0 Å². The largest absolute Gasteiger partial charge is 0.366 e. The van der Waals surface area contributed by atoms with Gasteiger partial charge < -0.3 is 18.9 Å². The SMILES string of the molecule is CCCCCCCCC(Cc1ccccc1)(OCC)C(OCC)(OCC)OCC. The van der Waals surface area contributed by atoms with E-state index in [0.29, 0.717) is 32.8 Å².